The van der Waals surface area contributed by atoms with Gasteiger partial charge in [0, 0.05) is 31.4 Å². The lowest BCUT2D eigenvalue weighted by Gasteiger charge is -2.21. The summed E-state index contributed by atoms with van der Waals surface area (Å²) in [6.07, 6.45) is 1.02. The molecule has 1 amide bonds. The van der Waals surface area contributed by atoms with Crippen LogP contribution in [0, 0.1) is 0 Å². The predicted octanol–water partition coefficient (Wildman–Crippen LogP) is 2.03. The van der Waals surface area contributed by atoms with Crippen LogP contribution in [0.3, 0.4) is 0 Å². The number of methoxy groups -OCH3 is 1. The van der Waals surface area contributed by atoms with E-state index in [1.807, 2.05) is 6.07 Å². The van der Waals surface area contributed by atoms with Crippen molar-refractivity contribution in [2.24, 2.45) is 0 Å². The van der Waals surface area contributed by atoms with Crippen LogP contribution in [0.5, 0.6) is 0 Å². The molecule has 2 heterocycles. The average Bonchev–Trinajstić information content (AvgIpc) is 3.02. The van der Waals surface area contributed by atoms with Crippen molar-refractivity contribution < 1.29 is 19.4 Å². The van der Waals surface area contributed by atoms with Gasteiger partial charge in [-0.05, 0) is 18.6 Å². The summed E-state index contributed by atoms with van der Waals surface area (Å²) < 4.78 is 5.86. The second-order valence-electron chi connectivity index (χ2n) is 4.70. The number of rotatable bonds is 5. The Morgan fingerprint density at radius 2 is 2.30 bits per heavy atom. The zero-order chi connectivity index (χ0) is 14.7. The molecule has 2 rings (SSSR count). The van der Waals surface area contributed by atoms with E-state index in [0.29, 0.717) is 23.7 Å². The van der Waals surface area contributed by atoms with Gasteiger partial charge in [0.2, 0.25) is 5.91 Å². The highest BCUT2D eigenvalue weighted by Gasteiger charge is 2.39. The van der Waals surface area contributed by atoms with Crippen molar-refractivity contribution in [3.05, 3.63) is 21.3 Å². The Morgan fingerprint density at radius 1 is 1.55 bits per heavy atom. The van der Waals surface area contributed by atoms with E-state index >= 15 is 0 Å². The lowest BCUT2D eigenvalue weighted by molar-refractivity contribution is -0.148. The number of aryl methyl sites for hydroxylation is 1. The number of carbonyl (C=O) groups excluding carboxylic acids is 1. The highest BCUT2D eigenvalue weighted by Crippen LogP contribution is 2.25. The highest BCUT2D eigenvalue weighted by atomic mass is 35.5. The molecule has 0 spiro atoms. The molecule has 5 nitrogen and oxygen atoms in total. The van der Waals surface area contributed by atoms with Crippen LogP contribution in [0.1, 0.15) is 17.7 Å². The smallest absolute Gasteiger partial charge is 0.326 e. The topological polar surface area (TPSA) is 66.8 Å². The molecule has 110 valence electrons. The molecular weight excluding hydrogens is 302 g/mol. The fourth-order valence-corrected chi connectivity index (χ4v) is 3.42. The quantitative estimate of drug-likeness (QED) is 0.902. The largest absolute Gasteiger partial charge is 0.480 e. The van der Waals surface area contributed by atoms with E-state index in [1.165, 1.54) is 23.3 Å². The molecule has 0 aromatic carbocycles. The summed E-state index contributed by atoms with van der Waals surface area (Å²) in [4.78, 5) is 25.8. The second kappa shape index (κ2) is 6.56. The monoisotopic (exact) mass is 317 g/mol. The molecule has 1 aliphatic heterocycles. The molecule has 1 saturated heterocycles. The lowest BCUT2D eigenvalue weighted by Crippen LogP contribution is -2.40. The second-order valence-corrected chi connectivity index (χ2v) is 6.50. The van der Waals surface area contributed by atoms with Gasteiger partial charge in [-0.15, -0.1) is 11.3 Å². The molecule has 1 aromatic heterocycles. The van der Waals surface area contributed by atoms with Crippen LogP contribution in [0.2, 0.25) is 4.34 Å². The van der Waals surface area contributed by atoms with Crippen molar-refractivity contribution in [1.29, 1.82) is 0 Å². The average molecular weight is 318 g/mol. The molecule has 0 bridgehead atoms. The number of hydrogen-bond donors (Lipinski definition) is 1. The number of thiophene rings is 1. The third kappa shape index (κ3) is 3.50. The van der Waals surface area contributed by atoms with Gasteiger partial charge in [0.15, 0.2) is 0 Å². The molecule has 7 heteroatoms. The summed E-state index contributed by atoms with van der Waals surface area (Å²) in [5.74, 6) is -1.13. The Hall–Kier alpha value is -1.11. The van der Waals surface area contributed by atoms with Gasteiger partial charge in [-0.2, -0.15) is 0 Å². The molecule has 20 heavy (non-hydrogen) atoms. The Kier molecular flexibility index (Phi) is 5.01. The Bertz CT molecular complexity index is 504. The Morgan fingerprint density at radius 3 is 2.85 bits per heavy atom. The molecule has 0 aliphatic carbocycles. The summed E-state index contributed by atoms with van der Waals surface area (Å²) in [5, 5.41) is 9.17. The first-order valence-electron chi connectivity index (χ1n) is 6.30. The molecular formula is C13H16ClNO4S. The van der Waals surface area contributed by atoms with E-state index in [9.17, 15) is 9.59 Å². The third-order valence-electron chi connectivity index (χ3n) is 3.42. The fraction of sp³-hybridized carbons (Fsp3) is 0.538. The number of carboxylic acid groups (broad SMARTS) is 1. The molecule has 2 unspecified atom stereocenters. The number of nitrogens with zero attached hydrogens (tertiary/aromatic N) is 1. The van der Waals surface area contributed by atoms with Gasteiger partial charge in [-0.25, -0.2) is 4.79 Å². The van der Waals surface area contributed by atoms with E-state index in [2.05, 4.69) is 0 Å². The van der Waals surface area contributed by atoms with Crippen LogP contribution in [-0.2, 0) is 20.7 Å². The SMILES string of the molecule is COC1CC(C(=O)O)N(C(=O)CCc2ccc(Cl)s2)C1. The zero-order valence-corrected chi connectivity index (χ0v) is 12.6. The Balaban J connectivity index is 1.95. The number of aliphatic carboxylic acids is 1. The van der Waals surface area contributed by atoms with E-state index in [4.69, 9.17) is 21.4 Å². The minimum absolute atomic E-state index is 0.151. The maximum Gasteiger partial charge on any atom is 0.326 e. The van der Waals surface area contributed by atoms with Gasteiger partial charge in [0.1, 0.15) is 6.04 Å². The van der Waals surface area contributed by atoms with Crippen molar-refractivity contribution in [3.63, 3.8) is 0 Å². The van der Waals surface area contributed by atoms with Gasteiger partial charge in [-0.1, -0.05) is 11.6 Å². The number of likely N-dealkylation sites (tertiary alicyclic amines) is 1. The minimum Gasteiger partial charge on any atom is -0.480 e. The standard InChI is InChI=1S/C13H16ClNO4S/c1-19-8-6-10(13(17)18)15(7-8)12(16)5-3-9-2-4-11(14)20-9/h2,4,8,10H,3,5-7H2,1H3,(H,17,18). The van der Waals surface area contributed by atoms with Crippen molar-refractivity contribution in [3.8, 4) is 0 Å². The summed E-state index contributed by atoms with van der Waals surface area (Å²) >= 11 is 7.27. The van der Waals surface area contributed by atoms with Gasteiger partial charge >= 0.3 is 5.97 Å². The van der Waals surface area contributed by atoms with E-state index in [1.54, 1.807) is 6.07 Å². The van der Waals surface area contributed by atoms with Crippen LogP contribution >= 0.6 is 22.9 Å². The number of halogens is 1. The van der Waals surface area contributed by atoms with E-state index < -0.39 is 12.0 Å². The van der Waals surface area contributed by atoms with Gasteiger partial charge < -0.3 is 14.7 Å². The van der Waals surface area contributed by atoms with Crippen LogP contribution in [0.25, 0.3) is 0 Å². The summed E-state index contributed by atoms with van der Waals surface area (Å²) in [6.45, 7) is 0.345. The summed E-state index contributed by atoms with van der Waals surface area (Å²) in [6, 6.07) is 2.90. The first kappa shape index (κ1) is 15.3. The van der Waals surface area contributed by atoms with Crippen molar-refractivity contribution in [1.82, 2.24) is 4.90 Å². The molecule has 0 radical (unpaired) electrons. The van der Waals surface area contributed by atoms with Crippen LogP contribution in [0.4, 0.5) is 0 Å². The highest BCUT2D eigenvalue weighted by molar-refractivity contribution is 7.16. The number of amides is 1. The van der Waals surface area contributed by atoms with Gasteiger partial charge in [0.25, 0.3) is 0 Å². The minimum atomic E-state index is -0.975. The van der Waals surface area contributed by atoms with Crippen LogP contribution in [0.15, 0.2) is 12.1 Å². The normalized spacial score (nSPS) is 22.2. The van der Waals surface area contributed by atoms with Crippen molar-refractivity contribution in [2.75, 3.05) is 13.7 Å². The summed E-state index contributed by atoms with van der Waals surface area (Å²) in [5.41, 5.74) is 0. The van der Waals surface area contributed by atoms with E-state index in [-0.39, 0.29) is 18.4 Å². The van der Waals surface area contributed by atoms with E-state index in [0.717, 1.165) is 4.88 Å². The molecule has 0 saturated carbocycles. The maximum absolute atomic E-state index is 12.2. The Labute approximate surface area is 126 Å². The predicted molar refractivity (Wildman–Crippen MR) is 76.2 cm³/mol. The van der Waals surface area contributed by atoms with Gasteiger partial charge in [-0.3, -0.25) is 4.79 Å². The maximum atomic E-state index is 12.2. The van der Waals surface area contributed by atoms with Crippen molar-refractivity contribution >= 4 is 34.8 Å². The van der Waals surface area contributed by atoms with Crippen LogP contribution < -0.4 is 0 Å². The van der Waals surface area contributed by atoms with Gasteiger partial charge in [0.05, 0.1) is 10.4 Å². The third-order valence-corrected chi connectivity index (χ3v) is 4.71. The lowest BCUT2D eigenvalue weighted by atomic mass is 10.2. The molecule has 1 aromatic rings. The number of hydrogen-bond acceptors (Lipinski definition) is 4. The molecule has 2 atom stereocenters. The van der Waals surface area contributed by atoms with Crippen LogP contribution in [-0.4, -0.2) is 47.7 Å². The number of ether oxygens (including phenoxy) is 1. The molecule has 1 aliphatic rings. The first-order chi connectivity index (χ1) is 9.51. The zero-order valence-electron chi connectivity index (χ0n) is 11.0. The summed E-state index contributed by atoms with van der Waals surface area (Å²) in [7, 11) is 1.53. The first-order valence-corrected chi connectivity index (χ1v) is 7.50. The van der Waals surface area contributed by atoms with Crippen molar-refractivity contribution in [2.45, 2.75) is 31.4 Å². The number of carbonyl (C=O) groups is 2. The molecule has 1 N–H and O–H groups in total. The fourth-order valence-electron chi connectivity index (χ4n) is 2.34. The molecule has 1 fully saturated rings. The number of carboxylic acids is 1.